The number of carbonyl (C=O) groups excluding carboxylic acids is 2. The van der Waals surface area contributed by atoms with Gasteiger partial charge in [0.2, 0.25) is 0 Å². The Morgan fingerprint density at radius 2 is 1.37 bits per heavy atom. The Bertz CT molecular complexity index is 2100. The van der Waals surface area contributed by atoms with E-state index in [1.165, 1.54) is 16.7 Å². The molecule has 1 fully saturated rings. The van der Waals surface area contributed by atoms with Crippen molar-refractivity contribution in [3.63, 3.8) is 0 Å². The van der Waals surface area contributed by atoms with Gasteiger partial charge >= 0.3 is 0 Å². The van der Waals surface area contributed by atoms with E-state index in [-0.39, 0.29) is 36.5 Å². The number of nitrogens with zero attached hydrogens (tertiary/aromatic N) is 2. The molecule has 1 aromatic heterocycles. The molecule has 3 heterocycles. The number of aliphatic hydroxyl groups is 1. The lowest BCUT2D eigenvalue weighted by Crippen LogP contribution is -2.38. The Morgan fingerprint density at radius 3 is 2.04 bits per heavy atom. The molecule has 0 radical (unpaired) electrons. The maximum atomic E-state index is 13.3. The van der Waals surface area contributed by atoms with Crippen LogP contribution in [-0.4, -0.2) is 33.8 Å². The fourth-order valence-corrected chi connectivity index (χ4v) is 7.62. The summed E-state index contributed by atoms with van der Waals surface area (Å²) in [6, 6.07) is 41.7. The van der Waals surface area contributed by atoms with Crippen LogP contribution in [0.25, 0.3) is 22.6 Å². The lowest BCUT2D eigenvalue weighted by atomic mass is 9.91. The first-order valence-electron chi connectivity index (χ1n) is 16.8. The normalized spacial score (nSPS) is 20.1. The summed E-state index contributed by atoms with van der Waals surface area (Å²) in [7, 11) is 0. The molecule has 0 unspecified atom stereocenters. The molecule has 254 valence electrons. The molecule has 2 amide bonds. The van der Waals surface area contributed by atoms with Crippen LogP contribution in [0.5, 0.6) is 0 Å². The third-order valence-electron chi connectivity index (χ3n) is 9.38. The minimum atomic E-state index is -0.797. The zero-order valence-corrected chi connectivity index (χ0v) is 28.5. The number of anilines is 1. The molecule has 0 aliphatic carbocycles. The van der Waals surface area contributed by atoms with Gasteiger partial charge in [-0.15, -0.1) is 0 Å². The molecule has 5 aromatic carbocycles. The molecule has 9 heteroatoms. The van der Waals surface area contributed by atoms with E-state index in [0.29, 0.717) is 39.1 Å². The minimum absolute atomic E-state index is 0.0525. The number of ether oxygens (including phenoxy) is 2. The molecular formula is C42H34N2O6S. The van der Waals surface area contributed by atoms with E-state index >= 15 is 0 Å². The van der Waals surface area contributed by atoms with Crippen LogP contribution in [0.2, 0.25) is 0 Å². The monoisotopic (exact) mass is 694 g/mol. The lowest BCUT2D eigenvalue weighted by Gasteiger charge is -2.41. The number of amides is 2. The van der Waals surface area contributed by atoms with Crippen LogP contribution in [0.4, 0.5) is 5.69 Å². The van der Waals surface area contributed by atoms with Crippen LogP contribution in [0.1, 0.15) is 56.7 Å². The topological polar surface area (TPSA) is 102 Å². The first kappa shape index (κ1) is 32.9. The highest BCUT2D eigenvalue weighted by Gasteiger charge is 2.40. The second kappa shape index (κ2) is 14.1. The van der Waals surface area contributed by atoms with Crippen molar-refractivity contribution in [1.82, 2.24) is 4.98 Å². The van der Waals surface area contributed by atoms with E-state index in [0.717, 1.165) is 27.9 Å². The number of thioether (sulfide) groups is 1. The molecule has 51 heavy (non-hydrogen) atoms. The standard InChI is InChI=1S/C42H34N2O6S/c1-26-35(25-51-42-43-36(28-11-4-2-5-12-28)38(50-42)29-13-6-3-7-14-29)48-41(49-37(26)30-21-19-27(24-45)20-22-30)31-15-10-16-32(23-31)44-39(46)33-17-8-9-18-34(33)40(44)47/h2-23,26,35,37,41,45H,24-25H2,1H3/t26-,35+,37+,41+/m1/s1. The number of carbonyl (C=O) groups is 2. The minimum Gasteiger partial charge on any atom is -0.431 e. The summed E-state index contributed by atoms with van der Waals surface area (Å²) in [6.07, 6.45) is -1.45. The van der Waals surface area contributed by atoms with Crippen LogP contribution in [0.3, 0.4) is 0 Å². The summed E-state index contributed by atoms with van der Waals surface area (Å²) in [4.78, 5) is 32.8. The lowest BCUT2D eigenvalue weighted by molar-refractivity contribution is -0.268. The largest absolute Gasteiger partial charge is 0.431 e. The first-order chi connectivity index (χ1) is 25.0. The van der Waals surface area contributed by atoms with Crippen LogP contribution in [-0.2, 0) is 16.1 Å². The van der Waals surface area contributed by atoms with Gasteiger partial charge in [0, 0.05) is 28.4 Å². The maximum Gasteiger partial charge on any atom is 0.266 e. The van der Waals surface area contributed by atoms with Crippen LogP contribution in [0, 0.1) is 5.92 Å². The smallest absolute Gasteiger partial charge is 0.266 e. The number of fused-ring (bicyclic) bond motifs is 1. The number of rotatable bonds is 9. The summed E-state index contributed by atoms with van der Waals surface area (Å²) in [5, 5.41) is 10.2. The number of oxazole rings is 1. The molecule has 2 aliphatic heterocycles. The molecule has 4 atom stereocenters. The number of hydrogen-bond acceptors (Lipinski definition) is 8. The van der Waals surface area contributed by atoms with Crippen molar-refractivity contribution in [2.45, 2.75) is 37.3 Å². The van der Waals surface area contributed by atoms with Gasteiger partial charge in [-0.25, -0.2) is 9.88 Å². The number of aromatic nitrogens is 1. The van der Waals surface area contributed by atoms with Gasteiger partial charge < -0.3 is 19.0 Å². The van der Waals surface area contributed by atoms with Crippen LogP contribution < -0.4 is 4.90 Å². The fraction of sp³-hybridized carbons (Fsp3) is 0.167. The second-order valence-electron chi connectivity index (χ2n) is 12.6. The predicted molar refractivity (Wildman–Crippen MR) is 195 cm³/mol. The van der Waals surface area contributed by atoms with E-state index in [9.17, 15) is 14.7 Å². The summed E-state index contributed by atoms with van der Waals surface area (Å²) in [5.74, 6) is 0.422. The van der Waals surface area contributed by atoms with Crippen LogP contribution in [0.15, 0.2) is 143 Å². The zero-order valence-electron chi connectivity index (χ0n) is 27.7. The Hall–Kier alpha value is -5.32. The quantitative estimate of drug-likeness (QED) is 0.118. The van der Waals surface area contributed by atoms with E-state index < -0.39 is 6.29 Å². The molecule has 8 rings (SSSR count). The van der Waals surface area contributed by atoms with Crippen molar-refractivity contribution in [2.24, 2.45) is 5.92 Å². The van der Waals surface area contributed by atoms with Crippen molar-refractivity contribution >= 4 is 29.3 Å². The highest BCUT2D eigenvalue weighted by Crippen LogP contribution is 2.44. The van der Waals surface area contributed by atoms with Crippen molar-refractivity contribution in [2.75, 3.05) is 10.7 Å². The summed E-state index contributed by atoms with van der Waals surface area (Å²) in [5.41, 5.74) is 6.33. The van der Waals surface area contributed by atoms with Crippen LogP contribution >= 0.6 is 11.8 Å². The average Bonchev–Trinajstić information content (AvgIpc) is 3.73. The van der Waals surface area contributed by atoms with Gasteiger partial charge in [0.1, 0.15) is 5.69 Å². The van der Waals surface area contributed by atoms with Gasteiger partial charge in [-0.2, -0.15) is 0 Å². The third kappa shape index (κ3) is 6.41. The molecule has 1 N–H and O–H groups in total. The van der Waals surface area contributed by atoms with E-state index in [1.807, 2.05) is 91.0 Å². The van der Waals surface area contributed by atoms with Gasteiger partial charge in [0.25, 0.3) is 17.0 Å². The molecule has 0 spiro atoms. The number of hydrogen-bond donors (Lipinski definition) is 1. The van der Waals surface area contributed by atoms with E-state index in [4.69, 9.17) is 18.9 Å². The van der Waals surface area contributed by atoms with Crippen molar-refractivity contribution < 1.29 is 28.6 Å². The SMILES string of the molecule is C[C@@H]1[C@H](CSc2nc(-c3ccccc3)c(-c3ccccc3)o2)O[C@H](c2cccc(N3C(=O)c4ccccc4C3=O)c2)O[C@@H]1c1ccc(CO)cc1. The van der Waals surface area contributed by atoms with Gasteiger partial charge in [-0.3, -0.25) is 9.59 Å². The molecular weight excluding hydrogens is 661 g/mol. The molecule has 8 nitrogen and oxygen atoms in total. The van der Waals surface area contributed by atoms with Crippen molar-refractivity contribution in [1.29, 1.82) is 0 Å². The van der Waals surface area contributed by atoms with E-state index in [1.54, 1.807) is 42.5 Å². The van der Waals surface area contributed by atoms with Gasteiger partial charge in [-0.05, 0) is 35.4 Å². The number of benzene rings is 5. The van der Waals surface area contributed by atoms with Crippen molar-refractivity contribution in [3.8, 4) is 22.6 Å². The molecule has 6 aromatic rings. The number of aliphatic hydroxyl groups excluding tert-OH is 1. The Labute approximate surface area is 299 Å². The summed E-state index contributed by atoms with van der Waals surface area (Å²) < 4.78 is 19.8. The van der Waals surface area contributed by atoms with Gasteiger partial charge in [0.05, 0.1) is 35.6 Å². The number of imide groups is 1. The van der Waals surface area contributed by atoms with Crippen molar-refractivity contribution in [3.05, 3.63) is 161 Å². The summed E-state index contributed by atoms with van der Waals surface area (Å²) in [6.45, 7) is 2.05. The average molecular weight is 695 g/mol. The Balaban J connectivity index is 1.10. The Morgan fingerprint density at radius 1 is 0.725 bits per heavy atom. The predicted octanol–water partition coefficient (Wildman–Crippen LogP) is 8.89. The molecule has 0 bridgehead atoms. The van der Waals surface area contributed by atoms with Gasteiger partial charge in [0.15, 0.2) is 12.1 Å². The third-order valence-corrected chi connectivity index (χ3v) is 10.3. The maximum absolute atomic E-state index is 13.3. The molecule has 2 aliphatic rings. The Kier molecular flexibility index (Phi) is 9.10. The zero-order chi connectivity index (χ0) is 34.9. The highest BCUT2D eigenvalue weighted by atomic mass is 32.2. The van der Waals surface area contributed by atoms with E-state index in [2.05, 4.69) is 6.92 Å². The van der Waals surface area contributed by atoms with Gasteiger partial charge in [-0.1, -0.05) is 128 Å². The molecule has 0 saturated carbocycles. The molecule has 1 saturated heterocycles. The second-order valence-corrected chi connectivity index (χ2v) is 13.6. The summed E-state index contributed by atoms with van der Waals surface area (Å²) >= 11 is 1.48. The fourth-order valence-electron chi connectivity index (χ4n) is 6.64. The highest BCUT2D eigenvalue weighted by molar-refractivity contribution is 7.99. The first-order valence-corrected chi connectivity index (χ1v) is 17.8.